The highest BCUT2D eigenvalue weighted by atomic mass is 16.6. The van der Waals surface area contributed by atoms with Gasteiger partial charge < -0.3 is 20.0 Å². The minimum Gasteiger partial charge on any atom is -0.385 e. The topological polar surface area (TPSA) is 80.2 Å². The molecule has 1 aromatic carbocycles. The second kappa shape index (κ2) is 11.6. The Labute approximate surface area is 264 Å². The van der Waals surface area contributed by atoms with E-state index >= 15 is 0 Å². The third-order valence-electron chi connectivity index (χ3n) is 12.9. The summed E-state index contributed by atoms with van der Waals surface area (Å²) in [7, 11) is 0. The number of oxime groups is 1. The molecule has 2 N–H and O–H groups in total. The van der Waals surface area contributed by atoms with Gasteiger partial charge in [0.2, 0.25) is 0 Å². The number of rotatable bonds is 7. The highest BCUT2D eigenvalue weighted by Crippen LogP contribution is 2.67. The van der Waals surface area contributed by atoms with Gasteiger partial charge in [0.05, 0.1) is 11.3 Å². The van der Waals surface area contributed by atoms with Crippen molar-refractivity contribution in [1.29, 1.82) is 0 Å². The molecule has 6 heteroatoms. The average molecular weight is 601 g/mol. The number of nitrogens with zero attached hydrogens (tertiary/aromatic N) is 1. The lowest BCUT2D eigenvalue weighted by molar-refractivity contribution is -0.125. The van der Waals surface area contributed by atoms with Gasteiger partial charge in [0.1, 0.15) is 5.60 Å². The van der Waals surface area contributed by atoms with Crippen LogP contribution in [0.4, 0.5) is 0 Å². The van der Waals surface area contributed by atoms with Crippen molar-refractivity contribution in [3.05, 3.63) is 47.5 Å². The Kier molecular flexibility index (Phi) is 8.29. The summed E-state index contributed by atoms with van der Waals surface area (Å²) in [5.74, 6) is 4.39. The minimum atomic E-state index is -0.958. The molecule has 238 valence electrons. The largest absolute Gasteiger partial charge is 0.385 e. The zero-order chi connectivity index (χ0) is 31.2. The van der Waals surface area contributed by atoms with Gasteiger partial charge in [-0.15, -0.1) is 6.42 Å². The fourth-order valence-electron chi connectivity index (χ4n) is 10.4. The standard InChI is InChI=1S/C38H52N2O4/c1-6-38(42)19-16-32-30-13-12-28-24-29(14-17-35(28,4)31(30)15-18-36(32,38)5)40-44-25-33(41)39-22-20-37(27-10-8-7-9-11-27)21-23-43-34(2,3)26-37/h1,7-11,24,30-32,42H,12-23,25-26H2,2-5H3,(H,39,41)/b40-29-/t30-,31+,32+,35+,36+,37+,38+/m1/s1. The Morgan fingerprint density at radius 2 is 1.84 bits per heavy atom. The van der Waals surface area contributed by atoms with Crippen molar-refractivity contribution >= 4 is 11.6 Å². The van der Waals surface area contributed by atoms with E-state index in [4.69, 9.17) is 16.0 Å². The third-order valence-corrected chi connectivity index (χ3v) is 12.9. The molecule has 4 fully saturated rings. The second-order valence-electron chi connectivity index (χ2n) is 15.6. The van der Waals surface area contributed by atoms with Crippen molar-refractivity contribution in [2.75, 3.05) is 19.8 Å². The van der Waals surface area contributed by atoms with E-state index in [2.05, 4.69) is 80.5 Å². The summed E-state index contributed by atoms with van der Waals surface area (Å²) in [6.07, 6.45) is 18.9. The van der Waals surface area contributed by atoms with Crippen LogP contribution in [0.2, 0.25) is 0 Å². The zero-order valence-electron chi connectivity index (χ0n) is 27.3. The first-order valence-electron chi connectivity index (χ1n) is 17.0. The lowest BCUT2D eigenvalue weighted by Crippen LogP contribution is -2.54. The van der Waals surface area contributed by atoms with Gasteiger partial charge in [-0.1, -0.05) is 60.8 Å². The maximum absolute atomic E-state index is 12.7. The van der Waals surface area contributed by atoms with E-state index in [0.29, 0.717) is 24.3 Å². The van der Waals surface area contributed by atoms with Gasteiger partial charge in [-0.05, 0) is 119 Å². The van der Waals surface area contributed by atoms with Crippen LogP contribution in [0, 0.1) is 40.9 Å². The summed E-state index contributed by atoms with van der Waals surface area (Å²) in [6.45, 7) is 10.3. The van der Waals surface area contributed by atoms with Crippen molar-refractivity contribution < 1.29 is 19.5 Å². The normalized spacial score (nSPS) is 40.1. The lowest BCUT2D eigenvalue weighted by Gasteiger charge is -2.58. The van der Waals surface area contributed by atoms with Crippen molar-refractivity contribution in [3.8, 4) is 12.3 Å². The Morgan fingerprint density at radius 3 is 2.59 bits per heavy atom. The maximum Gasteiger partial charge on any atom is 0.260 e. The van der Waals surface area contributed by atoms with Crippen LogP contribution in [0.15, 0.2) is 47.1 Å². The smallest absolute Gasteiger partial charge is 0.260 e. The van der Waals surface area contributed by atoms with E-state index in [-0.39, 0.29) is 34.4 Å². The van der Waals surface area contributed by atoms with Crippen molar-refractivity contribution in [1.82, 2.24) is 5.32 Å². The van der Waals surface area contributed by atoms with Gasteiger partial charge in [-0.3, -0.25) is 4.79 Å². The Bertz CT molecular complexity index is 1350. The van der Waals surface area contributed by atoms with Crippen LogP contribution in [0.3, 0.4) is 0 Å². The minimum absolute atomic E-state index is 0.0193. The summed E-state index contributed by atoms with van der Waals surface area (Å²) in [6, 6.07) is 10.7. The monoisotopic (exact) mass is 600 g/mol. The van der Waals surface area contributed by atoms with E-state index in [9.17, 15) is 9.90 Å². The number of nitrogens with one attached hydrogen (secondary N) is 1. The number of ether oxygens (including phenoxy) is 1. The quantitative estimate of drug-likeness (QED) is 0.269. The van der Waals surface area contributed by atoms with Crippen molar-refractivity contribution in [3.63, 3.8) is 0 Å². The number of carbonyl (C=O) groups is 1. The Hall–Kier alpha value is -2.62. The van der Waals surface area contributed by atoms with Crippen LogP contribution in [0.25, 0.3) is 0 Å². The predicted octanol–water partition coefficient (Wildman–Crippen LogP) is 6.72. The molecule has 0 aromatic heterocycles. The molecule has 1 amide bonds. The third kappa shape index (κ3) is 5.43. The van der Waals surface area contributed by atoms with Crippen LogP contribution < -0.4 is 5.32 Å². The summed E-state index contributed by atoms with van der Waals surface area (Å²) < 4.78 is 6.04. The van der Waals surface area contributed by atoms with E-state index in [1.807, 2.05) is 0 Å². The number of carbonyl (C=O) groups excluding carboxylic acids is 1. The number of hydrogen-bond acceptors (Lipinski definition) is 5. The number of aliphatic hydroxyl groups is 1. The molecule has 1 heterocycles. The first-order valence-corrected chi connectivity index (χ1v) is 17.0. The van der Waals surface area contributed by atoms with E-state index in [1.54, 1.807) is 0 Å². The van der Waals surface area contributed by atoms with Crippen LogP contribution in [-0.2, 0) is 19.8 Å². The van der Waals surface area contributed by atoms with Crippen LogP contribution in [0.5, 0.6) is 0 Å². The molecule has 6 rings (SSSR count). The fraction of sp³-hybridized carbons (Fsp3) is 0.684. The van der Waals surface area contributed by atoms with Crippen LogP contribution in [0.1, 0.15) is 104 Å². The highest BCUT2D eigenvalue weighted by Gasteiger charge is 2.63. The number of allylic oxidation sites excluding steroid dienone is 2. The molecular weight excluding hydrogens is 548 g/mol. The van der Waals surface area contributed by atoms with E-state index in [0.717, 1.165) is 82.9 Å². The molecule has 1 aliphatic heterocycles. The van der Waals surface area contributed by atoms with E-state index < -0.39 is 5.60 Å². The van der Waals surface area contributed by atoms with Gasteiger partial charge >= 0.3 is 0 Å². The first-order chi connectivity index (χ1) is 20.9. The number of fused-ring (bicyclic) bond motifs is 5. The number of benzene rings is 1. The molecule has 0 bridgehead atoms. The molecule has 4 aliphatic carbocycles. The summed E-state index contributed by atoms with van der Waals surface area (Å²) in [5, 5.41) is 18.8. The molecule has 0 spiro atoms. The highest BCUT2D eigenvalue weighted by molar-refractivity contribution is 5.96. The SMILES string of the molecule is C#C[C@]1(O)CC[C@H]2[C@@H]3CCC4=C/C(=N\OCC(=O)NCC[C@]5(c6ccccc6)CCOC(C)(C)C5)CC[C@]4(C)[C@H]3CC[C@@]21C. The fourth-order valence-corrected chi connectivity index (χ4v) is 10.4. The van der Waals surface area contributed by atoms with Gasteiger partial charge in [-0.2, -0.15) is 0 Å². The molecule has 6 nitrogen and oxygen atoms in total. The number of hydrogen-bond donors (Lipinski definition) is 2. The molecule has 44 heavy (non-hydrogen) atoms. The summed E-state index contributed by atoms with van der Waals surface area (Å²) in [4.78, 5) is 18.3. The molecular formula is C38H52N2O4. The second-order valence-corrected chi connectivity index (χ2v) is 15.6. The molecule has 5 aliphatic rings. The number of amides is 1. The predicted molar refractivity (Wildman–Crippen MR) is 174 cm³/mol. The van der Waals surface area contributed by atoms with Gasteiger partial charge in [0.15, 0.2) is 6.61 Å². The van der Waals surface area contributed by atoms with Crippen molar-refractivity contribution in [2.24, 2.45) is 33.7 Å². The van der Waals surface area contributed by atoms with Crippen LogP contribution >= 0.6 is 0 Å². The summed E-state index contributed by atoms with van der Waals surface area (Å²) >= 11 is 0. The Balaban J connectivity index is 1.03. The van der Waals surface area contributed by atoms with Gasteiger partial charge in [0.25, 0.3) is 5.91 Å². The summed E-state index contributed by atoms with van der Waals surface area (Å²) in [5.41, 5.74) is 2.57. The van der Waals surface area contributed by atoms with Gasteiger partial charge in [0, 0.05) is 24.0 Å². The molecule has 0 radical (unpaired) electrons. The maximum atomic E-state index is 12.7. The van der Waals surface area contributed by atoms with E-state index in [1.165, 1.54) is 11.1 Å². The van der Waals surface area contributed by atoms with Crippen molar-refractivity contribution in [2.45, 2.75) is 115 Å². The molecule has 1 aromatic rings. The average Bonchev–Trinajstić information content (AvgIpc) is 3.28. The molecule has 0 unspecified atom stereocenters. The lowest BCUT2D eigenvalue weighted by atomic mass is 9.46. The molecule has 7 atom stereocenters. The molecule has 1 saturated heterocycles. The Morgan fingerprint density at radius 1 is 1.07 bits per heavy atom. The zero-order valence-corrected chi connectivity index (χ0v) is 27.3. The number of terminal acetylenes is 1. The first kappa shape index (κ1) is 31.4. The van der Waals surface area contributed by atoms with Gasteiger partial charge in [-0.25, -0.2) is 0 Å². The molecule has 3 saturated carbocycles. The van der Waals surface area contributed by atoms with Crippen LogP contribution in [-0.4, -0.2) is 47.7 Å².